The molecule has 0 aromatic heterocycles. The van der Waals surface area contributed by atoms with Crippen LogP contribution in [0.2, 0.25) is 0 Å². The maximum Gasteiger partial charge on any atom is 0.307 e. The van der Waals surface area contributed by atoms with E-state index in [-0.39, 0.29) is 5.92 Å². The van der Waals surface area contributed by atoms with E-state index in [0.29, 0.717) is 6.54 Å². The maximum atomic E-state index is 10.8. The number of hydrogen-bond donors (Lipinski definition) is 1. The molecule has 1 saturated heterocycles. The number of carboxylic acids is 1. The first-order chi connectivity index (χ1) is 8.19. The molecule has 17 heavy (non-hydrogen) atoms. The van der Waals surface area contributed by atoms with Crippen molar-refractivity contribution in [3.63, 3.8) is 0 Å². The molecule has 1 N–H and O–H groups in total. The molecule has 3 heteroatoms. The van der Waals surface area contributed by atoms with Gasteiger partial charge in [-0.25, -0.2) is 0 Å². The van der Waals surface area contributed by atoms with Crippen LogP contribution in [0, 0.1) is 5.92 Å². The Kier molecular flexibility index (Phi) is 3.59. The van der Waals surface area contributed by atoms with Crippen molar-refractivity contribution < 1.29 is 9.90 Å². The van der Waals surface area contributed by atoms with Crippen molar-refractivity contribution >= 4 is 12.0 Å². The fraction of sp³-hybridized carbons (Fsp3) is 0.357. The molecule has 0 bridgehead atoms. The molecule has 3 nitrogen and oxygen atoms in total. The molecule has 1 fully saturated rings. The summed E-state index contributed by atoms with van der Waals surface area (Å²) in [5.41, 5.74) is 2.33. The van der Waals surface area contributed by atoms with Crippen LogP contribution >= 0.6 is 0 Å². The fourth-order valence-corrected chi connectivity index (χ4v) is 2.20. The summed E-state index contributed by atoms with van der Waals surface area (Å²) >= 11 is 0. The summed E-state index contributed by atoms with van der Waals surface area (Å²) in [5, 5.41) is 8.93. The minimum Gasteiger partial charge on any atom is -0.481 e. The van der Waals surface area contributed by atoms with Crippen molar-refractivity contribution in [2.24, 2.45) is 5.92 Å². The van der Waals surface area contributed by atoms with Crippen LogP contribution in [-0.4, -0.2) is 29.1 Å². The van der Waals surface area contributed by atoms with Gasteiger partial charge in [0.15, 0.2) is 0 Å². The summed E-state index contributed by atoms with van der Waals surface area (Å²) in [6.07, 6.45) is 2.58. The Morgan fingerprint density at radius 3 is 2.71 bits per heavy atom. The molecule has 0 unspecified atom stereocenters. The van der Waals surface area contributed by atoms with Gasteiger partial charge in [0.25, 0.3) is 0 Å². The normalized spacial score (nSPS) is 20.4. The standard InChI is InChI=1S/C14H17NO2/c1-2-11-3-5-12(6-4-11)9-15-8-7-13(10-15)14(16)17/h2-6,13H,1,7-10H2,(H,16,17)/t13-/m1/s1. The summed E-state index contributed by atoms with van der Waals surface area (Å²) in [6.45, 7) is 6.09. The highest BCUT2D eigenvalue weighted by Gasteiger charge is 2.27. The lowest BCUT2D eigenvalue weighted by Gasteiger charge is -2.15. The van der Waals surface area contributed by atoms with E-state index >= 15 is 0 Å². The van der Waals surface area contributed by atoms with Crippen molar-refractivity contribution in [2.75, 3.05) is 13.1 Å². The molecule has 1 aliphatic heterocycles. The van der Waals surface area contributed by atoms with E-state index in [1.54, 1.807) is 0 Å². The minimum absolute atomic E-state index is 0.192. The number of aliphatic carboxylic acids is 1. The number of likely N-dealkylation sites (tertiary alicyclic amines) is 1. The van der Waals surface area contributed by atoms with Gasteiger partial charge in [0.05, 0.1) is 5.92 Å². The SMILES string of the molecule is C=Cc1ccc(CN2CC[C@@H](C(=O)O)C2)cc1. The van der Waals surface area contributed by atoms with Crippen molar-refractivity contribution in [2.45, 2.75) is 13.0 Å². The third-order valence-corrected chi connectivity index (χ3v) is 3.24. The first kappa shape index (κ1) is 11.9. The molecule has 90 valence electrons. The zero-order valence-corrected chi connectivity index (χ0v) is 9.80. The van der Waals surface area contributed by atoms with Gasteiger partial charge in [-0.3, -0.25) is 9.69 Å². The number of nitrogens with zero attached hydrogens (tertiary/aromatic N) is 1. The summed E-state index contributed by atoms with van der Waals surface area (Å²) < 4.78 is 0. The molecule has 0 radical (unpaired) electrons. The summed E-state index contributed by atoms with van der Waals surface area (Å²) in [6, 6.07) is 8.22. The molecule has 1 atom stereocenters. The molecule has 1 aliphatic rings. The second-order valence-electron chi connectivity index (χ2n) is 4.50. The lowest BCUT2D eigenvalue weighted by Crippen LogP contribution is -2.22. The van der Waals surface area contributed by atoms with Gasteiger partial charge in [0.2, 0.25) is 0 Å². The Balaban J connectivity index is 1.93. The lowest BCUT2D eigenvalue weighted by molar-refractivity contribution is -0.141. The second kappa shape index (κ2) is 5.15. The predicted octanol–water partition coefficient (Wildman–Crippen LogP) is 2.24. The summed E-state index contributed by atoms with van der Waals surface area (Å²) in [5.74, 6) is -0.864. The van der Waals surface area contributed by atoms with Crippen molar-refractivity contribution in [1.82, 2.24) is 4.90 Å². The Labute approximate surface area is 101 Å². The van der Waals surface area contributed by atoms with E-state index in [2.05, 4.69) is 23.6 Å². The first-order valence-electron chi connectivity index (χ1n) is 5.85. The van der Waals surface area contributed by atoms with Crippen LogP contribution in [0.3, 0.4) is 0 Å². The predicted molar refractivity (Wildman–Crippen MR) is 67.6 cm³/mol. The average molecular weight is 231 g/mol. The van der Waals surface area contributed by atoms with Crippen molar-refractivity contribution in [3.05, 3.63) is 42.0 Å². The topological polar surface area (TPSA) is 40.5 Å². The van der Waals surface area contributed by atoms with Crippen LogP contribution in [0.5, 0.6) is 0 Å². The number of carboxylic acid groups (broad SMARTS) is 1. The van der Waals surface area contributed by atoms with Gasteiger partial charge in [0, 0.05) is 13.1 Å². The zero-order chi connectivity index (χ0) is 12.3. The van der Waals surface area contributed by atoms with Crippen LogP contribution in [0.4, 0.5) is 0 Å². The van der Waals surface area contributed by atoms with E-state index in [1.165, 1.54) is 5.56 Å². The van der Waals surface area contributed by atoms with Crippen molar-refractivity contribution in [1.29, 1.82) is 0 Å². The molecule has 1 aromatic rings. The molecule has 1 aromatic carbocycles. The Hall–Kier alpha value is -1.61. The molecule has 0 spiro atoms. The van der Waals surface area contributed by atoms with E-state index in [4.69, 9.17) is 5.11 Å². The highest BCUT2D eigenvalue weighted by molar-refractivity contribution is 5.70. The van der Waals surface area contributed by atoms with Crippen LogP contribution in [0.1, 0.15) is 17.5 Å². The number of rotatable bonds is 4. The number of carbonyl (C=O) groups is 1. The quantitative estimate of drug-likeness (QED) is 0.864. The molecule has 0 amide bonds. The van der Waals surface area contributed by atoms with Gasteiger partial charge >= 0.3 is 5.97 Å². The fourth-order valence-electron chi connectivity index (χ4n) is 2.20. The average Bonchev–Trinajstić information content (AvgIpc) is 2.79. The summed E-state index contributed by atoms with van der Waals surface area (Å²) in [4.78, 5) is 13.0. The van der Waals surface area contributed by atoms with Crippen LogP contribution in [0.15, 0.2) is 30.8 Å². The van der Waals surface area contributed by atoms with Gasteiger partial charge in [0.1, 0.15) is 0 Å². The van der Waals surface area contributed by atoms with E-state index < -0.39 is 5.97 Å². The monoisotopic (exact) mass is 231 g/mol. The molecule has 2 rings (SSSR count). The van der Waals surface area contributed by atoms with E-state index in [1.807, 2.05) is 18.2 Å². The second-order valence-corrected chi connectivity index (χ2v) is 4.50. The highest BCUT2D eigenvalue weighted by atomic mass is 16.4. The molecule has 1 heterocycles. The highest BCUT2D eigenvalue weighted by Crippen LogP contribution is 2.19. The third-order valence-electron chi connectivity index (χ3n) is 3.24. The van der Waals surface area contributed by atoms with E-state index in [0.717, 1.165) is 25.1 Å². The first-order valence-corrected chi connectivity index (χ1v) is 5.85. The smallest absolute Gasteiger partial charge is 0.307 e. The minimum atomic E-state index is -0.672. The Morgan fingerprint density at radius 2 is 2.18 bits per heavy atom. The molecule has 0 aliphatic carbocycles. The van der Waals surface area contributed by atoms with Gasteiger partial charge in [-0.2, -0.15) is 0 Å². The summed E-state index contributed by atoms with van der Waals surface area (Å²) in [7, 11) is 0. The largest absolute Gasteiger partial charge is 0.481 e. The number of benzene rings is 1. The van der Waals surface area contributed by atoms with Gasteiger partial charge in [-0.1, -0.05) is 36.9 Å². The van der Waals surface area contributed by atoms with Gasteiger partial charge in [-0.15, -0.1) is 0 Å². The van der Waals surface area contributed by atoms with Crippen LogP contribution in [-0.2, 0) is 11.3 Å². The van der Waals surface area contributed by atoms with Gasteiger partial charge in [-0.05, 0) is 24.1 Å². The zero-order valence-electron chi connectivity index (χ0n) is 9.80. The third kappa shape index (κ3) is 2.94. The maximum absolute atomic E-state index is 10.8. The lowest BCUT2D eigenvalue weighted by atomic mass is 10.1. The molecule has 0 saturated carbocycles. The Bertz CT molecular complexity index is 411. The van der Waals surface area contributed by atoms with Crippen molar-refractivity contribution in [3.8, 4) is 0 Å². The number of hydrogen-bond acceptors (Lipinski definition) is 2. The van der Waals surface area contributed by atoms with Crippen LogP contribution in [0.25, 0.3) is 6.08 Å². The van der Waals surface area contributed by atoms with Gasteiger partial charge < -0.3 is 5.11 Å². The molecular weight excluding hydrogens is 214 g/mol. The molecular formula is C14H17NO2. The Morgan fingerprint density at radius 1 is 1.47 bits per heavy atom. The van der Waals surface area contributed by atoms with E-state index in [9.17, 15) is 4.79 Å². The van der Waals surface area contributed by atoms with Crippen LogP contribution < -0.4 is 0 Å².